The van der Waals surface area contributed by atoms with Crippen LogP contribution in [0.5, 0.6) is 0 Å². The van der Waals surface area contributed by atoms with Gasteiger partial charge in [-0.25, -0.2) is 0 Å². The van der Waals surface area contributed by atoms with Gasteiger partial charge in [0.2, 0.25) is 0 Å². The molecule has 0 radical (unpaired) electrons. The molecule has 0 fully saturated rings. The Morgan fingerprint density at radius 1 is 1.17 bits per heavy atom. The molecule has 0 aromatic heterocycles. The highest BCUT2D eigenvalue weighted by Gasteiger charge is 2.37. The Hall–Kier alpha value is -0.260. The van der Waals surface area contributed by atoms with Gasteiger partial charge in [-0.1, -0.05) is 59.6 Å². The van der Waals surface area contributed by atoms with Gasteiger partial charge in [-0.15, -0.1) is 0 Å². The SMILES string of the molecule is CCCC(CC)(CC1CC=CCC1)C(C)C(C)C. The first kappa shape index (κ1) is 15.8. The van der Waals surface area contributed by atoms with Crippen LogP contribution in [0.4, 0.5) is 0 Å². The van der Waals surface area contributed by atoms with Crippen LogP contribution in [0.2, 0.25) is 0 Å². The zero-order chi connectivity index (χ0) is 13.6. The lowest BCUT2D eigenvalue weighted by molar-refractivity contribution is 0.0708. The molecule has 0 heteroatoms. The van der Waals surface area contributed by atoms with E-state index in [0.29, 0.717) is 5.41 Å². The third kappa shape index (κ3) is 3.87. The maximum absolute atomic E-state index is 2.50. The lowest BCUT2D eigenvalue weighted by Gasteiger charge is -2.43. The van der Waals surface area contributed by atoms with Crippen LogP contribution in [0.1, 0.15) is 79.6 Å². The van der Waals surface area contributed by atoms with Crippen molar-refractivity contribution in [2.75, 3.05) is 0 Å². The fourth-order valence-electron chi connectivity index (χ4n) is 3.98. The molecule has 0 spiro atoms. The van der Waals surface area contributed by atoms with Crippen molar-refractivity contribution in [1.29, 1.82) is 0 Å². The van der Waals surface area contributed by atoms with Crippen LogP contribution in [-0.4, -0.2) is 0 Å². The van der Waals surface area contributed by atoms with Crippen molar-refractivity contribution in [1.82, 2.24) is 0 Å². The molecule has 0 bridgehead atoms. The summed E-state index contributed by atoms with van der Waals surface area (Å²) in [5.41, 5.74) is 0.596. The molecule has 0 N–H and O–H groups in total. The average molecular weight is 250 g/mol. The maximum atomic E-state index is 2.50. The first-order valence-corrected chi connectivity index (χ1v) is 8.20. The molecule has 0 nitrogen and oxygen atoms in total. The van der Waals surface area contributed by atoms with E-state index in [0.717, 1.165) is 17.8 Å². The van der Waals surface area contributed by atoms with E-state index in [1.165, 1.54) is 44.9 Å². The van der Waals surface area contributed by atoms with Gasteiger partial charge in [-0.2, -0.15) is 0 Å². The van der Waals surface area contributed by atoms with Crippen molar-refractivity contribution in [3.05, 3.63) is 12.2 Å². The van der Waals surface area contributed by atoms with E-state index in [1.54, 1.807) is 0 Å². The van der Waals surface area contributed by atoms with Crippen LogP contribution in [0.3, 0.4) is 0 Å². The summed E-state index contributed by atoms with van der Waals surface area (Å²) in [5.74, 6) is 2.62. The summed E-state index contributed by atoms with van der Waals surface area (Å²) in [7, 11) is 0. The Labute approximate surface area is 115 Å². The zero-order valence-electron chi connectivity index (χ0n) is 13.3. The van der Waals surface area contributed by atoms with Gasteiger partial charge in [0.25, 0.3) is 0 Å². The summed E-state index contributed by atoms with van der Waals surface area (Å²) >= 11 is 0. The van der Waals surface area contributed by atoms with Crippen molar-refractivity contribution in [3.8, 4) is 0 Å². The van der Waals surface area contributed by atoms with Gasteiger partial charge in [0.1, 0.15) is 0 Å². The molecule has 18 heavy (non-hydrogen) atoms. The number of hydrogen-bond donors (Lipinski definition) is 0. The normalized spacial score (nSPS) is 25.1. The van der Waals surface area contributed by atoms with Crippen LogP contribution in [0.25, 0.3) is 0 Å². The third-order valence-electron chi connectivity index (χ3n) is 5.49. The molecule has 0 aromatic carbocycles. The molecule has 3 atom stereocenters. The quantitative estimate of drug-likeness (QED) is 0.470. The number of rotatable bonds is 7. The Balaban J connectivity index is 2.77. The van der Waals surface area contributed by atoms with Crippen LogP contribution >= 0.6 is 0 Å². The minimum absolute atomic E-state index is 0.596. The van der Waals surface area contributed by atoms with Gasteiger partial charge in [0.15, 0.2) is 0 Å². The van der Waals surface area contributed by atoms with Crippen molar-refractivity contribution >= 4 is 0 Å². The Morgan fingerprint density at radius 2 is 1.89 bits per heavy atom. The molecule has 0 saturated heterocycles. The van der Waals surface area contributed by atoms with Gasteiger partial charge in [0, 0.05) is 0 Å². The molecule has 3 unspecified atom stereocenters. The number of hydrogen-bond acceptors (Lipinski definition) is 0. The van der Waals surface area contributed by atoms with Gasteiger partial charge in [0.05, 0.1) is 0 Å². The highest BCUT2D eigenvalue weighted by atomic mass is 14.4. The van der Waals surface area contributed by atoms with Gasteiger partial charge >= 0.3 is 0 Å². The van der Waals surface area contributed by atoms with Crippen molar-refractivity contribution in [2.45, 2.75) is 79.6 Å². The minimum Gasteiger partial charge on any atom is -0.0885 e. The lowest BCUT2D eigenvalue weighted by atomic mass is 9.62. The minimum atomic E-state index is 0.596. The standard InChI is InChI=1S/C18H34/c1-6-13-18(7-2,16(5)15(3)4)14-17-11-9-8-10-12-17/h8-9,15-17H,6-7,10-14H2,1-5H3. The maximum Gasteiger partial charge on any atom is -0.0269 e. The molecule has 1 rings (SSSR count). The van der Waals surface area contributed by atoms with Gasteiger partial charge < -0.3 is 0 Å². The van der Waals surface area contributed by atoms with E-state index >= 15 is 0 Å². The molecular weight excluding hydrogens is 216 g/mol. The Bertz CT molecular complexity index is 251. The van der Waals surface area contributed by atoms with E-state index in [1.807, 2.05) is 0 Å². The summed E-state index contributed by atoms with van der Waals surface area (Å²) in [4.78, 5) is 0. The molecular formula is C18H34. The van der Waals surface area contributed by atoms with Crippen LogP contribution in [-0.2, 0) is 0 Å². The summed E-state index contributed by atoms with van der Waals surface area (Å²) in [5, 5.41) is 0. The predicted molar refractivity (Wildman–Crippen MR) is 82.7 cm³/mol. The molecule has 1 aliphatic rings. The molecule has 0 amide bonds. The summed E-state index contributed by atoms with van der Waals surface area (Å²) in [6, 6.07) is 0. The second kappa shape index (κ2) is 7.36. The Morgan fingerprint density at radius 3 is 2.33 bits per heavy atom. The van der Waals surface area contributed by atoms with E-state index in [9.17, 15) is 0 Å². The summed E-state index contributed by atoms with van der Waals surface area (Å²) in [6.45, 7) is 12.1. The van der Waals surface area contributed by atoms with E-state index in [-0.39, 0.29) is 0 Å². The Kier molecular flexibility index (Phi) is 6.46. The van der Waals surface area contributed by atoms with Gasteiger partial charge in [-0.3, -0.25) is 0 Å². The van der Waals surface area contributed by atoms with E-state index < -0.39 is 0 Å². The van der Waals surface area contributed by atoms with Crippen LogP contribution in [0, 0.1) is 23.2 Å². The van der Waals surface area contributed by atoms with Crippen molar-refractivity contribution in [3.63, 3.8) is 0 Å². The molecule has 0 saturated carbocycles. The van der Waals surface area contributed by atoms with Crippen LogP contribution in [0.15, 0.2) is 12.2 Å². The second-order valence-corrected chi connectivity index (χ2v) is 6.85. The summed E-state index contributed by atoms with van der Waals surface area (Å²) < 4.78 is 0. The van der Waals surface area contributed by atoms with E-state index in [4.69, 9.17) is 0 Å². The molecule has 1 aliphatic carbocycles. The van der Waals surface area contributed by atoms with Crippen LogP contribution < -0.4 is 0 Å². The lowest BCUT2D eigenvalue weighted by Crippen LogP contribution is -2.34. The molecule has 106 valence electrons. The fraction of sp³-hybridized carbons (Fsp3) is 0.889. The first-order valence-electron chi connectivity index (χ1n) is 8.20. The number of allylic oxidation sites excluding steroid dienone is 2. The monoisotopic (exact) mass is 250 g/mol. The first-order chi connectivity index (χ1) is 8.55. The zero-order valence-corrected chi connectivity index (χ0v) is 13.3. The van der Waals surface area contributed by atoms with Crippen molar-refractivity contribution < 1.29 is 0 Å². The molecule has 0 heterocycles. The average Bonchev–Trinajstić information content (AvgIpc) is 2.38. The third-order valence-corrected chi connectivity index (χ3v) is 5.49. The molecule has 0 aliphatic heterocycles. The highest BCUT2D eigenvalue weighted by Crippen LogP contribution is 2.47. The summed E-state index contributed by atoms with van der Waals surface area (Å²) in [6.07, 6.45) is 14.4. The topological polar surface area (TPSA) is 0 Å². The smallest absolute Gasteiger partial charge is 0.0269 e. The fourth-order valence-corrected chi connectivity index (χ4v) is 3.98. The highest BCUT2D eigenvalue weighted by molar-refractivity contribution is 4.94. The predicted octanol–water partition coefficient (Wildman–Crippen LogP) is 6.22. The van der Waals surface area contributed by atoms with E-state index in [2.05, 4.69) is 46.8 Å². The molecule has 0 aromatic rings. The van der Waals surface area contributed by atoms with Gasteiger partial charge in [-0.05, 0) is 55.3 Å². The van der Waals surface area contributed by atoms with Crippen molar-refractivity contribution in [2.24, 2.45) is 23.2 Å². The largest absolute Gasteiger partial charge is 0.0885 e. The second-order valence-electron chi connectivity index (χ2n) is 6.85.